The molecule has 0 aliphatic rings. The summed E-state index contributed by atoms with van der Waals surface area (Å²) in [7, 11) is 6.89. The molecule has 0 aromatic rings. The topological polar surface area (TPSA) is 12.0 Å². The van der Waals surface area contributed by atoms with Crippen LogP contribution in [-0.4, -0.2) is 45.3 Å². The van der Waals surface area contributed by atoms with Gasteiger partial charge < -0.3 is 9.80 Å². The molecule has 0 rings (SSSR count). The molecule has 140 valence electrons. The predicted octanol–water partition coefficient (Wildman–Crippen LogP) is 5.76. The van der Waals surface area contributed by atoms with Crippen LogP contribution in [0.15, 0.2) is 0 Å². The monoisotopic (exact) mass is 327 g/mol. The molecule has 0 fully saturated rings. The normalized spacial score (nSPS) is 12.0. The largest absolute Gasteiger partial charge is 0.331 e. The molecule has 0 aliphatic heterocycles. The lowest BCUT2D eigenvalue weighted by atomic mass is 10.0. The van der Waals surface area contributed by atoms with E-state index in [0.717, 1.165) is 11.0 Å². The van der Waals surface area contributed by atoms with Crippen LogP contribution < -0.4 is 5.32 Å². The Morgan fingerprint density at radius 3 is 1.22 bits per heavy atom. The van der Waals surface area contributed by atoms with Gasteiger partial charge in [-0.2, -0.15) is 0 Å². The van der Waals surface area contributed by atoms with E-state index in [1.165, 1.54) is 103 Å². The van der Waals surface area contributed by atoms with Crippen LogP contribution in [-0.2, 0) is 0 Å². The zero-order valence-corrected chi connectivity index (χ0v) is 17.0. The van der Waals surface area contributed by atoms with E-state index in [1.807, 2.05) is 0 Å². The van der Waals surface area contributed by atoms with Crippen molar-refractivity contribution in [2.45, 2.75) is 96.8 Å². The Morgan fingerprint density at radius 1 is 0.522 bits per heavy atom. The fourth-order valence-electron chi connectivity index (χ4n) is 3.13. The van der Waals surface area contributed by atoms with Crippen LogP contribution >= 0.6 is 0 Å². The Kier molecular flexibility index (Phi) is 16.7. The second-order valence-electron chi connectivity index (χ2n) is 8.32. The molecule has 0 bridgehead atoms. The van der Waals surface area contributed by atoms with Gasteiger partial charge in [0.25, 0.3) is 0 Å². The molecule has 0 amide bonds. The molecule has 2 heteroatoms. The Hall–Kier alpha value is -0.0800. The van der Waals surface area contributed by atoms with E-state index in [9.17, 15) is 0 Å². The van der Waals surface area contributed by atoms with Crippen LogP contribution in [0.5, 0.6) is 0 Å². The summed E-state index contributed by atoms with van der Waals surface area (Å²) in [5.41, 5.74) is 0. The van der Waals surface area contributed by atoms with Crippen LogP contribution in [0.4, 0.5) is 0 Å². The van der Waals surface area contributed by atoms with Crippen LogP contribution in [0.25, 0.3) is 0 Å². The third-order valence-corrected chi connectivity index (χ3v) is 4.68. The third kappa shape index (κ3) is 21.9. The molecule has 23 heavy (non-hydrogen) atoms. The summed E-state index contributed by atoms with van der Waals surface area (Å²) < 4.78 is 1.12. The van der Waals surface area contributed by atoms with Gasteiger partial charge in [-0.25, -0.2) is 0 Å². The third-order valence-electron chi connectivity index (χ3n) is 4.68. The van der Waals surface area contributed by atoms with Crippen LogP contribution in [0, 0.1) is 0 Å². The second kappa shape index (κ2) is 16.8. The summed E-state index contributed by atoms with van der Waals surface area (Å²) >= 11 is 0. The van der Waals surface area contributed by atoms with Crippen molar-refractivity contribution in [2.75, 3.05) is 40.8 Å². The van der Waals surface area contributed by atoms with Crippen molar-refractivity contribution in [2.24, 2.45) is 0 Å². The maximum atomic E-state index is 3.40. The van der Waals surface area contributed by atoms with Gasteiger partial charge in [0.15, 0.2) is 0 Å². The lowest BCUT2D eigenvalue weighted by Gasteiger charge is -2.23. The van der Waals surface area contributed by atoms with Gasteiger partial charge in [-0.3, -0.25) is 0 Å². The number of nitrogens with zero attached hydrogens (tertiary/aromatic N) is 1. The first-order valence-electron chi connectivity index (χ1n) is 10.6. The summed E-state index contributed by atoms with van der Waals surface area (Å²) in [6, 6.07) is 0. The molecule has 0 unspecified atom stereocenters. The number of unbranched alkanes of at least 4 members (excludes halogenated alkanes) is 13. The second-order valence-corrected chi connectivity index (χ2v) is 8.32. The molecule has 0 aliphatic carbocycles. The standard InChI is InChI=1S/C21H47N2/c1-5-22-20-18-16-14-12-10-8-6-7-9-11-13-15-17-19-21-23(2,3)4/h22H,5-21H2,1-4H3/q+1. The molecular formula is C21H47N2+. The number of nitrogens with one attached hydrogen (secondary N) is 1. The molecule has 0 atom stereocenters. The minimum atomic E-state index is 1.12. The smallest absolute Gasteiger partial charge is 0.0780 e. The molecule has 1 N–H and O–H groups in total. The van der Waals surface area contributed by atoms with Gasteiger partial charge in [-0.05, 0) is 32.4 Å². The van der Waals surface area contributed by atoms with E-state index < -0.39 is 0 Å². The minimum Gasteiger partial charge on any atom is -0.331 e. The van der Waals surface area contributed by atoms with E-state index in [4.69, 9.17) is 0 Å². The van der Waals surface area contributed by atoms with E-state index >= 15 is 0 Å². The van der Waals surface area contributed by atoms with Crippen LogP contribution in [0.3, 0.4) is 0 Å². The van der Waals surface area contributed by atoms with Crippen LogP contribution in [0.1, 0.15) is 96.8 Å². The molecule has 0 radical (unpaired) electrons. The number of hydrogen-bond donors (Lipinski definition) is 1. The highest BCUT2D eigenvalue weighted by molar-refractivity contribution is 4.50. The summed E-state index contributed by atoms with van der Waals surface area (Å²) in [4.78, 5) is 0. The van der Waals surface area contributed by atoms with Gasteiger partial charge in [0.2, 0.25) is 0 Å². The zero-order valence-electron chi connectivity index (χ0n) is 17.0. The van der Waals surface area contributed by atoms with Crippen molar-refractivity contribution >= 4 is 0 Å². The van der Waals surface area contributed by atoms with Gasteiger partial charge in [0, 0.05) is 0 Å². The Morgan fingerprint density at radius 2 is 0.870 bits per heavy atom. The van der Waals surface area contributed by atoms with Gasteiger partial charge in [-0.15, -0.1) is 0 Å². The maximum Gasteiger partial charge on any atom is 0.0780 e. The Balaban J connectivity index is 3.00. The highest BCUT2D eigenvalue weighted by Crippen LogP contribution is 2.13. The van der Waals surface area contributed by atoms with E-state index in [1.54, 1.807) is 0 Å². The number of quaternary nitrogens is 1. The summed E-state index contributed by atoms with van der Waals surface area (Å²) in [5.74, 6) is 0. The fraction of sp³-hybridized carbons (Fsp3) is 1.00. The van der Waals surface area contributed by atoms with Gasteiger partial charge in [0.05, 0.1) is 27.7 Å². The highest BCUT2D eigenvalue weighted by atomic mass is 15.3. The molecule has 2 nitrogen and oxygen atoms in total. The molecule has 0 saturated heterocycles. The van der Waals surface area contributed by atoms with Crippen molar-refractivity contribution in [1.29, 1.82) is 0 Å². The maximum absolute atomic E-state index is 3.40. The Labute approximate surface area is 148 Å². The van der Waals surface area contributed by atoms with E-state index in [-0.39, 0.29) is 0 Å². The first kappa shape index (κ1) is 22.9. The van der Waals surface area contributed by atoms with Crippen molar-refractivity contribution < 1.29 is 4.48 Å². The molecule has 0 aromatic carbocycles. The lowest BCUT2D eigenvalue weighted by molar-refractivity contribution is -0.870. The fourth-order valence-corrected chi connectivity index (χ4v) is 3.13. The Bertz CT molecular complexity index is 220. The highest BCUT2D eigenvalue weighted by Gasteiger charge is 2.04. The van der Waals surface area contributed by atoms with Crippen molar-refractivity contribution in [3.8, 4) is 0 Å². The molecule has 0 aromatic heterocycles. The SMILES string of the molecule is CCNCCCCCCCCCCCCCCCC[N+](C)(C)C. The summed E-state index contributed by atoms with van der Waals surface area (Å²) in [5, 5.41) is 3.40. The lowest BCUT2D eigenvalue weighted by Crippen LogP contribution is -2.35. The predicted molar refractivity (Wildman–Crippen MR) is 106 cm³/mol. The first-order chi connectivity index (χ1) is 11.1. The summed E-state index contributed by atoms with van der Waals surface area (Å²) in [6.45, 7) is 5.85. The molecule has 0 heterocycles. The van der Waals surface area contributed by atoms with E-state index in [0.29, 0.717) is 0 Å². The van der Waals surface area contributed by atoms with Crippen LogP contribution in [0.2, 0.25) is 0 Å². The molecule has 0 saturated carbocycles. The quantitative estimate of drug-likeness (QED) is 0.249. The molecular weight excluding hydrogens is 280 g/mol. The van der Waals surface area contributed by atoms with E-state index in [2.05, 4.69) is 33.4 Å². The number of rotatable bonds is 18. The average Bonchev–Trinajstić information content (AvgIpc) is 2.49. The van der Waals surface area contributed by atoms with Gasteiger partial charge in [-0.1, -0.05) is 77.6 Å². The number of hydrogen-bond acceptors (Lipinski definition) is 1. The minimum absolute atomic E-state index is 1.12. The average molecular weight is 328 g/mol. The first-order valence-corrected chi connectivity index (χ1v) is 10.6. The zero-order chi connectivity index (χ0) is 17.2. The molecule has 0 spiro atoms. The van der Waals surface area contributed by atoms with Crippen molar-refractivity contribution in [3.05, 3.63) is 0 Å². The van der Waals surface area contributed by atoms with Crippen molar-refractivity contribution in [3.63, 3.8) is 0 Å². The van der Waals surface area contributed by atoms with Gasteiger partial charge >= 0.3 is 0 Å². The summed E-state index contributed by atoms with van der Waals surface area (Å²) in [6.07, 6.45) is 20.2. The van der Waals surface area contributed by atoms with Gasteiger partial charge in [0.1, 0.15) is 0 Å². The van der Waals surface area contributed by atoms with Crippen molar-refractivity contribution in [1.82, 2.24) is 5.32 Å².